The van der Waals surface area contributed by atoms with Gasteiger partial charge in [0.1, 0.15) is 12.4 Å². The van der Waals surface area contributed by atoms with Gasteiger partial charge in [0.2, 0.25) is 10.0 Å². The van der Waals surface area contributed by atoms with Crippen molar-refractivity contribution in [1.29, 1.82) is 0 Å². The van der Waals surface area contributed by atoms with Crippen molar-refractivity contribution in [2.45, 2.75) is 13.5 Å². The van der Waals surface area contributed by atoms with Gasteiger partial charge in [0, 0.05) is 11.6 Å². The van der Waals surface area contributed by atoms with E-state index in [-0.39, 0.29) is 18.1 Å². The maximum Gasteiger partial charge on any atom is 0.251 e. The number of carbonyl (C=O) groups is 1. The third-order valence-electron chi connectivity index (χ3n) is 4.87. The lowest BCUT2D eigenvalue weighted by Crippen LogP contribution is -2.30. The Morgan fingerprint density at radius 3 is 2.33 bits per heavy atom. The number of sulfonamides is 1. The second kappa shape index (κ2) is 10.4. The molecule has 1 amide bonds. The topological polar surface area (TPSA) is 75.7 Å². The number of rotatable bonds is 9. The molecule has 3 rings (SSSR count). The Morgan fingerprint density at radius 1 is 1.00 bits per heavy atom. The number of hydrogen-bond donors (Lipinski definition) is 1. The fourth-order valence-corrected chi connectivity index (χ4v) is 3.99. The second-order valence-electron chi connectivity index (χ2n) is 7.43. The van der Waals surface area contributed by atoms with Gasteiger partial charge in [-0.3, -0.25) is 9.10 Å². The molecule has 0 unspecified atom stereocenters. The molecule has 0 radical (unpaired) electrons. The molecule has 0 fully saturated rings. The monoisotopic (exact) mass is 474 g/mol. The van der Waals surface area contributed by atoms with Gasteiger partial charge in [0.25, 0.3) is 5.91 Å². The van der Waals surface area contributed by atoms with Crippen LogP contribution in [-0.2, 0) is 16.6 Å². The van der Waals surface area contributed by atoms with E-state index in [1.807, 2.05) is 31.2 Å². The first-order valence-corrected chi connectivity index (χ1v) is 12.0. The molecule has 1 N–H and O–H groups in total. The summed E-state index contributed by atoms with van der Waals surface area (Å²) >= 11 is 0. The summed E-state index contributed by atoms with van der Waals surface area (Å²) in [5.74, 6) is -1.74. The van der Waals surface area contributed by atoms with Gasteiger partial charge in [0.05, 0.1) is 25.0 Å². The highest BCUT2D eigenvalue weighted by Gasteiger charge is 2.19. The van der Waals surface area contributed by atoms with E-state index in [0.717, 1.165) is 34.0 Å². The van der Waals surface area contributed by atoms with Crippen LogP contribution in [0.15, 0.2) is 66.7 Å². The summed E-state index contributed by atoms with van der Waals surface area (Å²) < 4.78 is 57.9. The molecule has 0 saturated heterocycles. The van der Waals surface area contributed by atoms with E-state index >= 15 is 0 Å². The second-order valence-corrected chi connectivity index (χ2v) is 9.34. The van der Waals surface area contributed by atoms with Gasteiger partial charge in [-0.2, -0.15) is 0 Å². The number of benzene rings is 3. The van der Waals surface area contributed by atoms with E-state index in [1.54, 1.807) is 24.3 Å². The Morgan fingerprint density at radius 2 is 1.70 bits per heavy atom. The fourth-order valence-electron chi connectivity index (χ4n) is 3.11. The predicted octanol–water partition coefficient (Wildman–Crippen LogP) is 4.05. The van der Waals surface area contributed by atoms with Gasteiger partial charge in [0.15, 0.2) is 11.6 Å². The van der Waals surface area contributed by atoms with Gasteiger partial charge in [-0.1, -0.05) is 30.3 Å². The van der Waals surface area contributed by atoms with Crippen LogP contribution in [0.5, 0.6) is 5.75 Å². The van der Waals surface area contributed by atoms with E-state index in [4.69, 9.17) is 4.74 Å². The number of nitrogens with zero attached hydrogens (tertiary/aromatic N) is 1. The number of amides is 1. The predicted molar refractivity (Wildman–Crippen MR) is 123 cm³/mol. The van der Waals surface area contributed by atoms with E-state index in [0.29, 0.717) is 24.3 Å². The Hall–Kier alpha value is -3.46. The number of carbonyl (C=O) groups excluding carboxylic acids is 1. The van der Waals surface area contributed by atoms with Crippen molar-refractivity contribution in [3.8, 4) is 5.75 Å². The molecule has 0 aromatic heterocycles. The van der Waals surface area contributed by atoms with Crippen LogP contribution in [0.1, 0.15) is 21.5 Å². The summed E-state index contributed by atoms with van der Waals surface area (Å²) in [6.07, 6.45) is 0.981. The smallest absolute Gasteiger partial charge is 0.251 e. The van der Waals surface area contributed by atoms with Crippen LogP contribution in [0.2, 0.25) is 0 Å². The molecule has 0 aliphatic rings. The van der Waals surface area contributed by atoms with Crippen LogP contribution in [0.4, 0.5) is 14.5 Å². The standard InChI is InChI=1S/C24H24F2N2O4S/c1-17-5-3-4-6-23(17)32-14-13-27-24(29)19-9-7-18(8-10-19)16-28(33(2,30)31)20-11-12-21(25)22(26)15-20/h3-12,15H,13-14,16H2,1-2H3,(H,27,29). The molecule has 3 aromatic carbocycles. The third kappa shape index (κ3) is 6.52. The summed E-state index contributed by atoms with van der Waals surface area (Å²) in [6.45, 7) is 2.46. The average Bonchev–Trinajstić information content (AvgIpc) is 2.77. The number of ether oxygens (including phenoxy) is 1. The number of para-hydroxylation sites is 1. The number of nitrogens with one attached hydrogen (secondary N) is 1. The molecule has 6 nitrogen and oxygen atoms in total. The fraction of sp³-hybridized carbons (Fsp3) is 0.208. The van der Waals surface area contributed by atoms with Crippen molar-refractivity contribution in [1.82, 2.24) is 5.32 Å². The van der Waals surface area contributed by atoms with Crippen LogP contribution < -0.4 is 14.4 Å². The van der Waals surface area contributed by atoms with E-state index in [2.05, 4.69) is 5.32 Å². The largest absolute Gasteiger partial charge is 0.491 e. The zero-order valence-corrected chi connectivity index (χ0v) is 19.0. The molecule has 0 aliphatic heterocycles. The van der Waals surface area contributed by atoms with Crippen LogP contribution in [-0.4, -0.2) is 33.7 Å². The molecule has 3 aromatic rings. The van der Waals surface area contributed by atoms with Crippen molar-refractivity contribution in [3.63, 3.8) is 0 Å². The summed E-state index contributed by atoms with van der Waals surface area (Å²) in [5, 5.41) is 2.76. The molecule has 0 atom stereocenters. The highest BCUT2D eigenvalue weighted by atomic mass is 32.2. The molecular weight excluding hydrogens is 450 g/mol. The van der Waals surface area contributed by atoms with Crippen molar-refractivity contribution in [3.05, 3.63) is 95.1 Å². The molecule has 0 heterocycles. The molecule has 0 bridgehead atoms. The molecular formula is C24H24F2N2O4S. The van der Waals surface area contributed by atoms with Crippen molar-refractivity contribution < 1.29 is 26.7 Å². The molecule has 0 aliphatic carbocycles. The van der Waals surface area contributed by atoms with Gasteiger partial charge < -0.3 is 10.1 Å². The van der Waals surface area contributed by atoms with E-state index in [1.165, 1.54) is 6.07 Å². The minimum Gasteiger partial charge on any atom is -0.491 e. The Labute approximate surface area is 191 Å². The highest BCUT2D eigenvalue weighted by molar-refractivity contribution is 7.92. The lowest BCUT2D eigenvalue weighted by molar-refractivity contribution is 0.0947. The van der Waals surface area contributed by atoms with Gasteiger partial charge in [-0.15, -0.1) is 0 Å². The number of halogens is 2. The first kappa shape index (κ1) is 24.2. The minimum absolute atomic E-state index is 0.00636. The highest BCUT2D eigenvalue weighted by Crippen LogP contribution is 2.23. The van der Waals surface area contributed by atoms with Crippen LogP contribution in [0.3, 0.4) is 0 Å². The summed E-state index contributed by atoms with van der Waals surface area (Å²) in [7, 11) is -3.76. The molecule has 174 valence electrons. The van der Waals surface area contributed by atoms with Crippen LogP contribution in [0.25, 0.3) is 0 Å². The summed E-state index contributed by atoms with van der Waals surface area (Å²) in [4.78, 5) is 12.4. The number of hydrogen-bond acceptors (Lipinski definition) is 4. The van der Waals surface area contributed by atoms with Crippen molar-refractivity contribution in [2.75, 3.05) is 23.7 Å². The molecule has 0 spiro atoms. The average molecular weight is 475 g/mol. The SMILES string of the molecule is Cc1ccccc1OCCNC(=O)c1ccc(CN(c2ccc(F)c(F)c2)S(C)(=O)=O)cc1. The van der Waals surface area contributed by atoms with E-state index < -0.39 is 21.7 Å². The van der Waals surface area contributed by atoms with E-state index in [9.17, 15) is 22.0 Å². The van der Waals surface area contributed by atoms with Crippen LogP contribution >= 0.6 is 0 Å². The van der Waals surface area contributed by atoms with Crippen molar-refractivity contribution >= 4 is 21.6 Å². The Balaban J connectivity index is 1.60. The molecule has 0 saturated carbocycles. The van der Waals surface area contributed by atoms with Crippen molar-refractivity contribution in [2.24, 2.45) is 0 Å². The first-order chi connectivity index (χ1) is 15.6. The number of anilines is 1. The van der Waals surface area contributed by atoms with Gasteiger partial charge in [-0.25, -0.2) is 17.2 Å². The molecule has 33 heavy (non-hydrogen) atoms. The lowest BCUT2D eigenvalue weighted by Gasteiger charge is -2.22. The summed E-state index contributed by atoms with van der Waals surface area (Å²) in [5.41, 5.74) is 1.98. The van der Waals surface area contributed by atoms with Gasteiger partial charge in [-0.05, 0) is 48.4 Å². The number of aryl methyl sites for hydroxylation is 1. The zero-order valence-electron chi connectivity index (χ0n) is 18.2. The summed E-state index contributed by atoms with van der Waals surface area (Å²) in [6, 6.07) is 16.8. The first-order valence-electron chi connectivity index (χ1n) is 10.1. The van der Waals surface area contributed by atoms with Gasteiger partial charge >= 0.3 is 0 Å². The minimum atomic E-state index is -3.76. The Bertz CT molecular complexity index is 1230. The lowest BCUT2D eigenvalue weighted by atomic mass is 10.1. The third-order valence-corrected chi connectivity index (χ3v) is 6.01. The Kier molecular flexibility index (Phi) is 7.65. The van der Waals surface area contributed by atoms with Crippen LogP contribution in [0, 0.1) is 18.6 Å². The maximum atomic E-state index is 13.6. The quantitative estimate of drug-likeness (QED) is 0.475. The zero-order chi connectivity index (χ0) is 24.0. The molecule has 9 heteroatoms. The maximum absolute atomic E-state index is 13.6. The normalized spacial score (nSPS) is 11.2.